The summed E-state index contributed by atoms with van der Waals surface area (Å²) in [6.07, 6.45) is 1.71. The molecule has 0 aliphatic carbocycles. The SMILES string of the molecule is COC1CCN(C(=O)N2CCc3ccc(C(=O)O)cc32)C1. The fraction of sp³-hybridized carbons (Fsp3) is 0.467. The highest BCUT2D eigenvalue weighted by Gasteiger charge is 2.33. The van der Waals surface area contributed by atoms with Gasteiger partial charge in [0.1, 0.15) is 0 Å². The number of rotatable bonds is 2. The van der Waals surface area contributed by atoms with E-state index in [1.807, 2.05) is 0 Å². The number of benzene rings is 1. The summed E-state index contributed by atoms with van der Waals surface area (Å²) < 4.78 is 5.28. The van der Waals surface area contributed by atoms with Crippen LogP contribution in [0.2, 0.25) is 0 Å². The summed E-state index contributed by atoms with van der Waals surface area (Å²) in [5, 5.41) is 9.09. The van der Waals surface area contributed by atoms with E-state index in [4.69, 9.17) is 9.84 Å². The molecule has 6 heteroatoms. The van der Waals surface area contributed by atoms with Crippen LogP contribution in [0.3, 0.4) is 0 Å². The number of fused-ring (bicyclic) bond motifs is 1. The van der Waals surface area contributed by atoms with Crippen LogP contribution in [0.4, 0.5) is 10.5 Å². The Morgan fingerprint density at radius 2 is 2.14 bits per heavy atom. The largest absolute Gasteiger partial charge is 0.478 e. The molecule has 6 nitrogen and oxygen atoms in total. The predicted octanol–water partition coefficient (Wildman–Crippen LogP) is 1.59. The molecule has 1 N–H and O–H groups in total. The van der Waals surface area contributed by atoms with Crippen LogP contribution in [0.1, 0.15) is 22.3 Å². The smallest absolute Gasteiger partial charge is 0.335 e. The van der Waals surface area contributed by atoms with E-state index < -0.39 is 5.97 Å². The number of ether oxygens (including phenoxy) is 1. The van der Waals surface area contributed by atoms with Gasteiger partial charge < -0.3 is 14.7 Å². The Bertz CT molecular complexity index is 587. The molecule has 1 atom stereocenters. The Morgan fingerprint density at radius 3 is 2.81 bits per heavy atom. The van der Waals surface area contributed by atoms with Crippen LogP contribution in [0.25, 0.3) is 0 Å². The summed E-state index contributed by atoms with van der Waals surface area (Å²) in [5.41, 5.74) is 1.96. The number of hydrogen-bond acceptors (Lipinski definition) is 3. The van der Waals surface area contributed by atoms with Gasteiger partial charge in [0.25, 0.3) is 0 Å². The minimum absolute atomic E-state index is 0.0594. The lowest BCUT2D eigenvalue weighted by atomic mass is 10.1. The number of aromatic carboxylic acids is 1. The van der Waals surface area contributed by atoms with Gasteiger partial charge in [-0.15, -0.1) is 0 Å². The van der Waals surface area contributed by atoms with Crippen molar-refractivity contribution in [2.75, 3.05) is 31.6 Å². The van der Waals surface area contributed by atoms with Crippen LogP contribution < -0.4 is 4.90 Å². The lowest BCUT2D eigenvalue weighted by molar-refractivity contribution is 0.0697. The highest BCUT2D eigenvalue weighted by molar-refractivity contribution is 5.97. The van der Waals surface area contributed by atoms with Gasteiger partial charge in [0, 0.05) is 32.4 Å². The van der Waals surface area contributed by atoms with E-state index in [1.54, 1.807) is 35.1 Å². The standard InChI is InChI=1S/C15H18N2O4/c1-21-12-5-6-16(9-12)15(20)17-7-4-10-2-3-11(14(18)19)8-13(10)17/h2-3,8,12H,4-7,9H2,1H3,(H,18,19). The van der Waals surface area contributed by atoms with Gasteiger partial charge in [-0.1, -0.05) is 6.07 Å². The molecule has 0 radical (unpaired) electrons. The molecular formula is C15H18N2O4. The molecule has 21 heavy (non-hydrogen) atoms. The van der Waals surface area contributed by atoms with Crippen LogP contribution in [0.15, 0.2) is 18.2 Å². The van der Waals surface area contributed by atoms with Crippen molar-refractivity contribution in [3.63, 3.8) is 0 Å². The summed E-state index contributed by atoms with van der Waals surface area (Å²) in [6.45, 7) is 1.88. The topological polar surface area (TPSA) is 70.1 Å². The highest BCUT2D eigenvalue weighted by atomic mass is 16.5. The second-order valence-electron chi connectivity index (χ2n) is 5.43. The first-order valence-corrected chi connectivity index (χ1v) is 7.05. The molecule has 2 amide bonds. The minimum atomic E-state index is -0.974. The molecule has 2 heterocycles. The number of amides is 2. The highest BCUT2D eigenvalue weighted by Crippen LogP contribution is 2.30. The molecule has 0 bridgehead atoms. The third kappa shape index (κ3) is 2.47. The number of urea groups is 1. The first kappa shape index (κ1) is 13.9. The second kappa shape index (κ2) is 5.37. The van der Waals surface area contributed by atoms with Crippen LogP contribution in [-0.2, 0) is 11.2 Å². The van der Waals surface area contributed by atoms with Crippen molar-refractivity contribution < 1.29 is 19.4 Å². The van der Waals surface area contributed by atoms with Crippen molar-refractivity contribution in [1.82, 2.24) is 4.90 Å². The van der Waals surface area contributed by atoms with Gasteiger partial charge in [0.15, 0.2) is 0 Å². The zero-order valence-corrected chi connectivity index (χ0v) is 11.9. The quantitative estimate of drug-likeness (QED) is 0.898. The molecule has 2 aliphatic heterocycles. The van der Waals surface area contributed by atoms with E-state index in [0.29, 0.717) is 19.6 Å². The van der Waals surface area contributed by atoms with Crippen LogP contribution in [0.5, 0.6) is 0 Å². The summed E-state index contributed by atoms with van der Waals surface area (Å²) in [4.78, 5) is 27.1. The third-order valence-corrected chi connectivity index (χ3v) is 4.21. The summed E-state index contributed by atoms with van der Waals surface area (Å²) in [6, 6.07) is 4.92. The maximum Gasteiger partial charge on any atom is 0.335 e. The molecule has 2 aliphatic rings. The fourth-order valence-electron chi connectivity index (χ4n) is 2.98. The van der Waals surface area contributed by atoms with Gasteiger partial charge in [-0.3, -0.25) is 4.90 Å². The van der Waals surface area contributed by atoms with Crippen molar-refractivity contribution in [3.8, 4) is 0 Å². The summed E-state index contributed by atoms with van der Waals surface area (Å²) in [7, 11) is 1.66. The zero-order valence-electron chi connectivity index (χ0n) is 11.9. The number of carbonyl (C=O) groups is 2. The Labute approximate surface area is 122 Å². The first-order chi connectivity index (χ1) is 10.1. The molecule has 1 aromatic rings. The fourth-order valence-corrected chi connectivity index (χ4v) is 2.98. The normalized spacial score (nSPS) is 20.7. The molecule has 3 rings (SSSR count). The summed E-state index contributed by atoms with van der Waals surface area (Å²) >= 11 is 0. The Kier molecular flexibility index (Phi) is 3.55. The molecule has 0 spiro atoms. The van der Waals surface area contributed by atoms with Crippen molar-refractivity contribution in [1.29, 1.82) is 0 Å². The number of carboxylic acids is 1. The van der Waals surface area contributed by atoms with E-state index in [9.17, 15) is 9.59 Å². The Morgan fingerprint density at radius 1 is 1.33 bits per heavy atom. The maximum atomic E-state index is 12.6. The van der Waals surface area contributed by atoms with Gasteiger partial charge in [-0.05, 0) is 30.5 Å². The van der Waals surface area contributed by atoms with E-state index >= 15 is 0 Å². The number of carboxylic acid groups (broad SMARTS) is 1. The van der Waals surface area contributed by atoms with Crippen molar-refractivity contribution >= 4 is 17.7 Å². The number of likely N-dealkylation sites (tertiary alicyclic amines) is 1. The van der Waals surface area contributed by atoms with Crippen molar-refractivity contribution in [3.05, 3.63) is 29.3 Å². The van der Waals surface area contributed by atoms with Crippen LogP contribution in [-0.4, -0.2) is 54.9 Å². The van der Waals surface area contributed by atoms with Gasteiger partial charge in [0.2, 0.25) is 0 Å². The van der Waals surface area contributed by atoms with E-state index in [1.165, 1.54) is 0 Å². The molecule has 0 saturated carbocycles. The zero-order chi connectivity index (χ0) is 15.0. The molecule has 1 unspecified atom stereocenters. The average Bonchev–Trinajstić information content (AvgIpc) is 3.12. The number of nitrogens with zero attached hydrogens (tertiary/aromatic N) is 2. The van der Waals surface area contributed by atoms with E-state index in [2.05, 4.69) is 0 Å². The van der Waals surface area contributed by atoms with Crippen LogP contribution in [0, 0.1) is 0 Å². The molecular weight excluding hydrogens is 272 g/mol. The van der Waals surface area contributed by atoms with Gasteiger partial charge in [-0.25, -0.2) is 9.59 Å². The predicted molar refractivity (Wildman–Crippen MR) is 76.8 cm³/mol. The summed E-state index contributed by atoms with van der Waals surface area (Å²) in [5.74, 6) is -0.974. The third-order valence-electron chi connectivity index (χ3n) is 4.21. The van der Waals surface area contributed by atoms with Gasteiger partial charge in [-0.2, -0.15) is 0 Å². The average molecular weight is 290 g/mol. The van der Waals surface area contributed by atoms with Gasteiger partial charge >= 0.3 is 12.0 Å². The number of anilines is 1. The molecule has 0 aromatic heterocycles. The molecule has 112 valence electrons. The lowest BCUT2D eigenvalue weighted by Crippen LogP contribution is -2.41. The lowest BCUT2D eigenvalue weighted by Gasteiger charge is -2.25. The maximum absolute atomic E-state index is 12.6. The van der Waals surface area contributed by atoms with Crippen LogP contribution >= 0.6 is 0 Å². The number of methoxy groups -OCH3 is 1. The Balaban J connectivity index is 1.82. The van der Waals surface area contributed by atoms with Crippen molar-refractivity contribution in [2.24, 2.45) is 0 Å². The van der Waals surface area contributed by atoms with Gasteiger partial charge in [0.05, 0.1) is 11.7 Å². The van der Waals surface area contributed by atoms with E-state index in [-0.39, 0.29) is 17.7 Å². The Hall–Kier alpha value is -2.08. The molecule has 1 aromatic carbocycles. The molecule has 1 saturated heterocycles. The monoisotopic (exact) mass is 290 g/mol. The molecule has 1 fully saturated rings. The van der Waals surface area contributed by atoms with Crippen molar-refractivity contribution in [2.45, 2.75) is 18.9 Å². The first-order valence-electron chi connectivity index (χ1n) is 7.05. The minimum Gasteiger partial charge on any atom is -0.478 e. The number of hydrogen-bond donors (Lipinski definition) is 1. The second-order valence-corrected chi connectivity index (χ2v) is 5.43. The van der Waals surface area contributed by atoms with E-state index in [0.717, 1.165) is 24.1 Å². The number of carbonyl (C=O) groups excluding carboxylic acids is 1.